The number of hydrogen-bond donors (Lipinski definition) is 2. The number of nitrogens with zero attached hydrogens (tertiary/aromatic N) is 1. The molecule has 0 radical (unpaired) electrons. The fraction of sp³-hybridized carbons (Fsp3) is 0.632. The van der Waals surface area contributed by atoms with Gasteiger partial charge in [0, 0.05) is 34.4 Å². The van der Waals surface area contributed by atoms with E-state index >= 15 is 0 Å². The van der Waals surface area contributed by atoms with Gasteiger partial charge in [0.05, 0.1) is 6.54 Å². The van der Waals surface area contributed by atoms with Crippen LogP contribution < -0.4 is 15.4 Å². The summed E-state index contributed by atoms with van der Waals surface area (Å²) in [5.41, 5.74) is 0. The molecular formula is C19H33FIN3O2S. The largest absolute Gasteiger partial charge is 0.485 e. The molecule has 5 nitrogen and oxygen atoms in total. The second-order valence-electron chi connectivity index (χ2n) is 6.89. The fourth-order valence-electron chi connectivity index (χ4n) is 2.07. The number of benzene rings is 1. The van der Waals surface area contributed by atoms with Crippen LogP contribution in [0.5, 0.6) is 5.75 Å². The predicted molar refractivity (Wildman–Crippen MR) is 123 cm³/mol. The third-order valence-corrected chi connectivity index (χ3v) is 5.59. The van der Waals surface area contributed by atoms with E-state index in [1.165, 1.54) is 6.07 Å². The highest BCUT2D eigenvalue weighted by Crippen LogP contribution is 2.18. The number of hydrogen-bond acceptors (Lipinski definition) is 3. The summed E-state index contributed by atoms with van der Waals surface area (Å²) in [6.07, 6.45) is 0.497. The van der Waals surface area contributed by atoms with Crippen molar-refractivity contribution in [3.8, 4) is 5.75 Å². The van der Waals surface area contributed by atoms with Crippen molar-refractivity contribution in [1.82, 2.24) is 10.6 Å². The van der Waals surface area contributed by atoms with E-state index in [0.29, 0.717) is 31.2 Å². The third kappa shape index (κ3) is 10.3. The second-order valence-corrected chi connectivity index (χ2v) is 9.21. The number of nitrogens with one attached hydrogen (secondary N) is 2. The molecule has 0 spiro atoms. The fourth-order valence-corrected chi connectivity index (χ4v) is 2.97. The first-order valence-corrected chi connectivity index (χ1v) is 10.4. The van der Waals surface area contributed by atoms with Crippen molar-refractivity contribution < 1.29 is 13.3 Å². The minimum absolute atomic E-state index is 0. The van der Waals surface area contributed by atoms with Gasteiger partial charge in [-0.15, -0.1) is 24.0 Å². The van der Waals surface area contributed by atoms with E-state index in [1.807, 2.05) is 34.6 Å². The lowest BCUT2D eigenvalue weighted by Crippen LogP contribution is -2.41. The van der Waals surface area contributed by atoms with Crippen LogP contribution in [-0.4, -0.2) is 46.4 Å². The van der Waals surface area contributed by atoms with Gasteiger partial charge in [-0.25, -0.2) is 9.38 Å². The highest BCUT2D eigenvalue weighted by molar-refractivity contribution is 14.0. The van der Waals surface area contributed by atoms with E-state index in [2.05, 4.69) is 15.6 Å². The number of halogens is 2. The standard InChI is InChI=1S/C19H32FN3O2S.HI/c1-6-15(25-17-11-9-8-10-16(17)20)14-23-18(21-7-2)22-12-13-26(24)19(3,4)5;/h8-11,15H,6-7,12-14H2,1-5H3,(H2,21,22,23);1H. The van der Waals surface area contributed by atoms with Gasteiger partial charge in [-0.1, -0.05) is 19.1 Å². The van der Waals surface area contributed by atoms with Gasteiger partial charge in [0.1, 0.15) is 6.10 Å². The Balaban J connectivity index is 0.00000676. The Morgan fingerprint density at radius 3 is 2.48 bits per heavy atom. The van der Waals surface area contributed by atoms with Crippen molar-refractivity contribution in [2.24, 2.45) is 4.99 Å². The van der Waals surface area contributed by atoms with Crippen LogP contribution in [-0.2, 0) is 10.8 Å². The Labute approximate surface area is 182 Å². The molecule has 0 aliphatic heterocycles. The highest BCUT2D eigenvalue weighted by atomic mass is 127. The summed E-state index contributed by atoms with van der Waals surface area (Å²) >= 11 is 0. The van der Waals surface area contributed by atoms with Crippen LogP contribution in [0.2, 0.25) is 0 Å². The molecule has 0 amide bonds. The first kappa shape index (κ1) is 26.1. The van der Waals surface area contributed by atoms with Crippen molar-refractivity contribution in [2.45, 2.75) is 51.9 Å². The van der Waals surface area contributed by atoms with E-state index in [9.17, 15) is 8.60 Å². The molecule has 8 heteroatoms. The molecule has 1 rings (SSSR count). The Bertz CT molecular complexity index is 609. The van der Waals surface area contributed by atoms with E-state index in [-0.39, 0.29) is 46.4 Å². The van der Waals surface area contributed by atoms with Gasteiger partial charge in [-0.05, 0) is 46.2 Å². The minimum atomic E-state index is -0.913. The Hall–Kier alpha value is -0.900. The molecular weight excluding hydrogens is 480 g/mol. The van der Waals surface area contributed by atoms with Crippen molar-refractivity contribution in [2.75, 3.05) is 25.4 Å². The van der Waals surface area contributed by atoms with Gasteiger partial charge < -0.3 is 15.4 Å². The summed E-state index contributed by atoms with van der Waals surface area (Å²) in [7, 11) is -0.913. The SMILES string of the molecule is CCNC(=NCC(CC)Oc1ccccc1F)NCCS(=O)C(C)(C)C.I. The van der Waals surface area contributed by atoms with Gasteiger partial charge in [0.15, 0.2) is 17.5 Å². The lowest BCUT2D eigenvalue weighted by molar-refractivity contribution is 0.196. The smallest absolute Gasteiger partial charge is 0.191 e. The minimum Gasteiger partial charge on any atom is -0.485 e. The van der Waals surface area contributed by atoms with Gasteiger partial charge in [-0.2, -0.15) is 0 Å². The van der Waals surface area contributed by atoms with Crippen LogP contribution in [0, 0.1) is 5.82 Å². The predicted octanol–water partition coefficient (Wildman–Crippen LogP) is 3.70. The van der Waals surface area contributed by atoms with Crippen LogP contribution in [0.1, 0.15) is 41.0 Å². The first-order valence-electron chi connectivity index (χ1n) is 9.09. The maximum atomic E-state index is 13.7. The Morgan fingerprint density at radius 1 is 1.26 bits per heavy atom. The molecule has 0 aromatic heterocycles. The normalized spacial score (nSPS) is 14.1. The summed E-state index contributed by atoms with van der Waals surface area (Å²) < 4.78 is 31.3. The lowest BCUT2D eigenvalue weighted by Gasteiger charge is -2.19. The molecule has 0 heterocycles. The molecule has 0 saturated carbocycles. The number of guanidine groups is 1. The number of para-hydroxylation sites is 1. The zero-order valence-electron chi connectivity index (χ0n) is 16.9. The summed E-state index contributed by atoms with van der Waals surface area (Å²) in [6, 6.07) is 6.38. The van der Waals surface area contributed by atoms with Crippen LogP contribution >= 0.6 is 24.0 Å². The summed E-state index contributed by atoms with van der Waals surface area (Å²) in [5, 5.41) is 6.35. The molecule has 156 valence electrons. The molecule has 0 aliphatic rings. The van der Waals surface area contributed by atoms with Gasteiger partial charge in [0.2, 0.25) is 0 Å². The Kier molecular flexibility index (Phi) is 12.9. The molecule has 2 atom stereocenters. The van der Waals surface area contributed by atoms with Crippen LogP contribution in [0.25, 0.3) is 0 Å². The van der Waals surface area contributed by atoms with Crippen LogP contribution in [0.4, 0.5) is 4.39 Å². The molecule has 1 aromatic carbocycles. The maximum absolute atomic E-state index is 13.7. The summed E-state index contributed by atoms with van der Waals surface area (Å²) in [6.45, 7) is 11.6. The van der Waals surface area contributed by atoms with Gasteiger partial charge >= 0.3 is 0 Å². The topological polar surface area (TPSA) is 62.7 Å². The van der Waals surface area contributed by atoms with Gasteiger partial charge in [-0.3, -0.25) is 4.21 Å². The highest BCUT2D eigenvalue weighted by Gasteiger charge is 2.18. The van der Waals surface area contributed by atoms with Crippen molar-refractivity contribution in [3.63, 3.8) is 0 Å². The summed E-state index contributed by atoms with van der Waals surface area (Å²) in [5.74, 6) is 1.07. The molecule has 2 N–H and O–H groups in total. The second kappa shape index (κ2) is 13.3. The number of ether oxygens (including phenoxy) is 1. The molecule has 0 fully saturated rings. The number of aliphatic imine (C=N–C) groups is 1. The molecule has 0 saturated heterocycles. The maximum Gasteiger partial charge on any atom is 0.191 e. The third-order valence-electron chi connectivity index (χ3n) is 3.65. The van der Waals surface area contributed by atoms with E-state index in [1.54, 1.807) is 18.2 Å². The van der Waals surface area contributed by atoms with Crippen molar-refractivity contribution >= 4 is 40.7 Å². The Morgan fingerprint density at radius 2 is 1.93 bits per heavy atom. The molecule has 1 aromatic rings. The lowest BCUT2D eigenvalue weighted by atomic mass is 10.2. The van der Waals surface area contributed by atoms with Crippen molar-refractivity contribution in [3.05, 3.63) is 30.1 Å². The monoisotopic (exact) mass is 513 g/mol. The quantitative estimate of drug-likeness (QED) is 0.300. The molecule has 0 bridgehead atoms. The summed E-state index contributed by atoms with van der Waals surface area (Å²) in [4.78, 5) is 4.52. The van der Waals surface area contributed by atoms with Crippen molar-refractivity contribution in [1.29, 1.82) is 0 Å². The average molecular weight is 513 g/mol. The van der Waals surface area contributed by atoms with E-state index in [4.69, 9.17) is 4.74 Å². The number of rotatable bonds is 9. The molecule has 0 aliphatic carbocycles. The van der Waals surface area contributed by atoms with E-state index < -0.39 is 10.8 Å². The molecule has 27 heavy (non-hydrogen) atoms. The average Bonchev–Trinajstić information content (AvgIpc) is 2.59. The first-order chi connectivity index (χ1) is 12.3. The molecule has 2 unspecified atom stereocenters. The zero-order valence-corrected chi connectivity index (χ0v) is 20.0. The van der Waals surface area contributed by atoms with Gasteiger partial charge in [0.25, 0.3) is 0 Å². The van der Waals surface area contributed by atoms with Crippen LogP contribution in [0.15, 0.2) is 29.3 Å². The van der Waals surface area contributed by atoms with Crippen LogP contribution in [0.3, 0.4) is 0 Å². The zero-order chi connectivity index (χ0) is 19.6. The van der Waals surface area contributed by atoms with E-state index in [0.717, 1.165) is 6.54 Å².